The lowest BCUT2D eigenvalue weighted by Gasteiger charge is -2.17. The van der Waals surface area contributed by atoms with Crippen molar-refractivity contribution in [2.45, 2.75) is 33.3 Å². The maximum atomic E-state index is 13.8. The van der Waals surface area contributed by atoms with Crippen molar-refractivity contribution in [3.63, 3.8) is 0 Å². The first-order valence-electron chi connectivity index (χ1n) is 7.17. The summed E-state index contributed by atoms with van der Waals surface area (Å²) in [4.78, 5) is 0. The Bertz CT molecular complexity index is 572. The first kappa shape index (κ1) is 15.8. The van der Waals surface area contributed by atoms with Crippen LogP contribution in [0.2, 0.25) is 5.02 Å². The standard InChI is InChI=1S/C18H20ClFO/c1-12(2)11-14-7-9-15(10-8-14)21-13(3)18-16(19)5-4-6-17(18)20/h4-10,12-13H,11H2,1-3H3/t13-/m0/s1. The molecule has 0 aliphatic rings. The summed E-state index contributed by atoms with van der Waals surface area (Å²) in [7, 11) is 0. The van der Waals surface area contributed by atoms with Gasteiger partial charge in [-0.05, 0) is 49.1 Å². The third kappa shape index (κ3) is 4.21. The largest absolute Gasteiger partial charge is 0.486 e. The van der Waals surface area contributed by atoms with Crippen molar-refractivity contribution in [2.75, 3.05) is 0 Å². The van der Waals surface area contributed by atoms with Crippen LogP contribution < -0.4 is 4.74 Å². The number of halogens is 2. The van der Waals surface area contributed by atoms with E-state index in [9.17, 15) is 4.39 Å². The van der Waals surface area contributed by atoms with E-state index in [0.717, 1.165) is 6.42 Å². The summed E-state index contributed by atoms with van der Waals surface area (Å²) in [6.07, 6.45) is 0.601. The Hall–Kier alpha value is -1.54. The molecule has 0 saturated carbocycles. The highest BCUT2D eigenvalue weighted by Gasteiger charge is 2.16. The van der Waals surface area contributed by atoms with Gasteiger partial charge >= 0.3 is 0 Å². The van der Waals surface area contributed by atoms with Gasteiger partial charge in [0.05, 0.1) is 5.02 Å². The highest BCUT2D eigenvalue weighted by molar-refractivity contribution is 6.31. The van der Waals surface area contributed by atoms with Crippen LogP contribution in [0.15, 0.2) is 42.5 Å². The van der Waals surface area contributed by atoms with Gasteiger partial charge < -0.3 is 4.74 Å². The van der Waals surface area contributed by atoms with Crippen LogP contribution in [0.5, 0.6) is 5.75 Å². The molecule has 1 atom stereocenters. The Morgan fingerprint density at radius 1 is 1.05 bits per heavy atom. The molecular weight excluding hydrogens is 287 g/mol. The van der Waals surface area contributed by atoms with E-state index in [1.165, 1.54) is 11.6 Å². The normalized spacial score (nSPS) is 12.5. The zero-order valence-corrected chi connectivity index (χ0v) is 13.3. The monoisotopic (exact) mass is 306 g/mol. The van der Waals surface area contributed by atoms with E-state index in [0.29, 0.717) is 22.3 Å². The molecule has 2 rings (SSSR count). The van der Waals surface area contributed by atoms with Gasteiger partial charge in [-0.3, -0.25) is 0 Å². The van der Waals surface area contributed by atoms with Gasteiger partial charge in [-0.15, -0.1) is 0 Å². The fourth-order valence-electron chi connectivity index (χ4n) is 2.34. The Kier molecular flexibility index (Phi) is 5.24. The van der Waals surface area contributed by atoms with E-state index in [-0.39, 0.29) is 5.82 Å². The fraction of sp³-hybridized carbons (Fsp3) is 0.333. The Morgan fingerprint density at radius 2 is 1.71 bits per heavy atom. The predicted molar refractivity (Wildman–Crippen MR) is 85.4 cm³/mol. The summed E-state index contributed by atoms with van der Waals surface area (Å²) in [5.74, 6) is 0.994. The summed E-state index contributed by atoms with van der Waals surface area (Å²) in [5, 5.41) is 0.388. The van der Waals surface area contributed by atoms with Gasteiger partial charge in [0.2, 0.25) is 0 Å². The SMILES string of the molecule is CC(C)Cc1ccc(O[C@@H](C)c2c(F)cccc2Cl)cc1. The first-order chi connectivity index (χ1) is 9.97. The van der Waals surface area contributed by atoms with Gasteiger partial charge in [0.25, 0.3) is 0 Å². The molecule has 3 heteroatoms. The third-order valence-electron chi connectivity index (χ3n) is 3.29. The Balaban J connectivity index is 2.11. The third-order valence-corrected chi connectivity index (χ3v) is 3.62. The molecule has 1 nitrogen and oxygen atoms in total. The number of hydrogen-bond acceptors (Lipinski definition) is 1. The zero-order valence-electron chi connectivity index (χ0n) is 12.6. The molecule has 112 valence electrons. The lowest BCUT2D eigenvalue weighted by Crippen LogP contribution is -2.06. The summed E-state index contributed by atoms with van der Waals surface area (Å²) in [6.45, 7) is 6.17. The number of rotatable bonds is 5. The second-order valence-electron chi connectivity index (χ2n) is 5.64. The van der Waals surface area contributed by atoms with Crippen molar-refractivity contribution in [3.05, 3.63) is 64.4 Å². The van der Waals surface area contributed by atoms with Crippen LogP contribution in [0.4, 0.5) is 4.39 Å². The molecule has 0 radical (unpaired) electrons. The van der Waals surface area contributed by atoms with Crippen LogP contribution in [0.1, 0.15) is 38.0 Å². The van der Waals surface area contributed by atoms with E-state index in [4.69, 9.17) is 16.3 Å². The van der Waals surface area contributed by atoms with Gasteiger partial charge in [0.1, 0.15) is 17.7 Å². The molecule has 0 unspecified atom stereocenters. The molecular formula is C18H20ClFO. The zero-order chi connectivity index (χ0) is 15.4. The quantitative estimate of drug-likeness (QED) is 0.676. The van der Waals surface area contributed by atoms with E-state index in [2.05, 4.69) is 13.8 Å². The molecule has 2 aromatic rings. The van der Waals surface area contributed by atoms with Crippen LogP contribution in [0.25, 0.3) is 0 Å². The molecule has 0 N–H and O–H groups in total. The van der Waals surface area contributed by atoms with Crippen LogP contribution >= 0.6 is 11.6 Å². The van der Waals surface area contributed by atoms with Crippen molar-refractivity contribution in [1.29, 1.82) is 0 Å². The highest BCUT2D eigenvalue weighted by Crippen LogP contribution is 2.29. The maximum absolute atomic E-state index is 13.8. The van der Waals surface area contributed by atoms with Crippen LogP contribution in [-0.2, 0) is 6.42 Å². The minimum absolute atomic E-state index is 0.341. The van der Waals surface area contributed by atoms with Gasteiger partial charge in [-0.2, -0.15) is 0 Å². The molecule has 0 aliphatic heterocycles. The summed E-state index contributed by atoms with van der Waals surface area (Å²) >= 11 is 6.05. The molecule has 0 fully saturated rings. The smallest absolute Gasteiger partial charge is 0.131 e. The molecule has 0 aromatic heterocycles. The maximum Gasteiger partial charge on any atom is 0.131 e. The molecule has 0 heterocycles. The molecule has 0 spiro atoms. The lowest BCUT2D eigenvalue weighted by atomic mass is 10.0. The van der Waals surface area contributed by atoms with Crippen LogP contribution in [0.3, 0.4) is 0 Å². The van der Waals surface area contributed by atoms with E-state index >= 15 is 0 Å². The van der Waals surface area contributed by atoms with Crippen molar-refractivity contribution >= 4 is 11.6 Å². The lowest BCUT2D eigenvalue weighted by molar-refractivity contribution is 0.221. The average Bonchev–Trinajstić information content (AvgIpc) is 2.40. The minimum Gasteiger partial charge on any atom is -0.486 e. The molecule has 0 bridgehead atoms. The van der Waals surface area contributed by atoms with Gasteiger partial charge in [-0.1, -0.05) is 43.6 Å². The van der Waals surface area contributed by atoms with Crippen molar-refractivity contribution in [3.8, 4) is 5.75 Å². The van der Waals surface area contributed by atoms with Crippen molar-refractivity contribution < 1.29 is 9.13 Å². The Labute approximate surface area is 130 Å². The van der Waals surface area contributed by atoms with E-state index in [1.807, 2.05) is 24.3 Å². The average molecular weight is 307 g/mol. The van der Waals surface area contributed by atoms with Gasteiger partial charge in [0, 0.05) is 5.56 Å². The second kappa shape index (κ2) is 6.95. The first-order valence-corrected chi connectivity index (χ1v) is 7.54. The molecule has 0 aliphatic carbocycles. The van der Waals surface area contributed by atoms with Gasteiger partial charge in [0.15, 0.2) is 0 Å². The number of hydrogen-bond donors (Lipinski definition) is 0. The topological polar surface area (TPSA) is 9.23 Å². The van der Waals surface area contributed by atoms with Gasteiger partial charge in [-0.25, -0.2) is 4.39 Å². The van der Waals surface area contributed by atoms with E-state index in [1.54, 1.807) is 19.1 Å². The van der Waals surface area contributed by atoms with E-state index < -0.39 is 6.10 Å². The minimum atomic E-state index is -0.436. The van der Waals surface area contributed by atoms with Crippen LogP contribution in [0, 0.1) is 11.7 Å². The predicted octanol–water partition coefficient (Wildman–Crippen LogP) is 5.82. The molecule has 0 amide bonds. The van der Waals surface area contributed by atoms with Crippen LogP contribution in [-0.4, -0.2) is 0 Å². The molecule has 2 aromatic carbocycles. The molecule has 0 saturated heterocycles. The Morgan fingerprint density at radius 3 is 2.29 bits per heavy atom. The number of ether oxygens (including phenoxy) is 1. The number of benzene rings is 2. The fourth-order valence-corrected chi connectivity index (χ4v) is 2.65. The summed E-state index contributed by atoms with van der Waals surface area (Å²) < 4.78 is 19.6. The summed E-state index contributed by atoms with van der Waals surface area (Å²) in [5.41, 5.74) is 1.67. The summed E-state index contributed by atoms with van der Waals surface area (Å²) in [6, 6.07) is 12.6. The van der Waals surface area contributed by atoms with Crippen molar-refractivity contribution in [1.82, 2.24) is 0 Å². The molecule has 21 heavy (non-hydrogen) atoms. The van der Waals surface area contributed by atoms with Crippen molar-refractivity contribution in [2.24, 2.45) is 5.92 Å². The highest BCUT2D eigenvalue weighted by atomic mass is 35.5. The second-order valence-corrected chi connectivity index (χ2v) is 6.04.